The molecule has 0 bridgehead atoms. The van der Waals surface area contributed by atoms with Gasteiger partial charge in [0.05, 0.1) is 44.4 Å². The molecule has 0 atom stereocenters. The maximum absolute atomic E-state index is 10.9. The fourth-order valence-electron chi connectivity index (χ4n) is 4.77. The first-order chi connectivity index (χ1) is 22.4. The van der Waals surface area contributed by atoms with Gasteiger partial charge in [-0.2, -0.15) is 0 Å². The SMILES string of the molecule is COc1ccc(Cn2nnc(-c3ccnc(C=O)c3)c2C)cc1.COc1ccc(Cn2nnc(C)c2-c2ccnc(C=O)c2)cc1. The Balaban J connectivity index is 0.000000181. The van der Waals surface area contributed by atoms with Crippen molar-refractivity contribution in [2.75, 3.05) is 14.2 Å². The maximum atomic E-state index is 10.9. The lowest BCUT2D eigenvalue weighted by Gasteiger charge is -2.08. The number of nitrogens with zero attached hydrogens (tertiary/aromatic N) is 8. The zero-order chi connectivity index (χ0) is 32.5. The van der Waals surface area contributed by atoms with Crippen LogP contribution in [0, 0.1) is 13.8 Å². The van der Waals surface area contributed by atoms with Crippen LogP contribution in [0.2, 0.25) is 0 Å². The largest absolute Gasteiger partial charge is 0.497 e. The Morgan fingerprint density at radius 2 is 1.15 bits per heavy atom. The zero-order valence-electron chi connectivity index (χ0n) is 25.9. The lowest BCUT2D eigenvalue weighted by Crippen LogP contribution is -2.04. The molecule has 4 heterocycles. The van der Waals surface area contributed by atoms with Crippen LogP contribution in [-0.4, -0.2) is 66.7 Å². The van der Waals surface area contributed by atoms with Crippen molar-refractivity contribution < 1.29 is 19.1 Å². The number of benzene rings is 2. The molecule has 12 heteroatoms. The minimum Gasteiger partial charge on any atom is -0.497 e. The molecule has 0 spiro atoms. The van der Waals surface area contributed by atoms with E-state index < -0.39 is 0 Å². The molecule has 46 heavy (non-hydrogen) atoms. The van der Waals surface area contributed by atoms with Gasteiger partial charge in [0.2, 0.25) is 0 Å². The van der Waals surface area contributed by atoms with Gasteiger partial charge in [-0.3, -0.25) is 19.6 Å². The Bertz CT molecular complexity index is 1930. The molecule has 0 fully saturated rings. The first-order valence-electron chi connectivity index (χ1n) is 14.3. The fourth-order valence-corrected chi connectivity index (χ4v) is 4.77. The highest BCUT2D eigenvalue weighted by Crippen LogP contribution is 2.24. The molecule has 0 aliphatic rings. The van der Waals surface area contributed by atoms with Crippen molar-refractivity contribution in [1.29, 1.82) is 0 Å². The summed E-state index contributed by atoms with van der Waals surface area (Å²) >= 11 is 0. The van der Waals surface area contributed by atoms with Crippen LogP contribution in [0.25, 0.3) is 22.5 Å². The molecule has 6 rings (SSSR count). The molecule has 0 saturated carbocycles. The highest BCUT2D eigenvalue weighted by molar-refractivity contribution is 5.76. The number of ether oxygens (including phenoxy) is 2. The molecule has 6 aromatic rings. The van der Waals surface area contributed by atoms with E-state index in [1.54, 1.807) is 38.7 Å². The van der Waals surface area contributed by atoms with E-state index in [0.717, 1.165) is 69.1 Å². The first-order valence-corrected chi connectivity index (χ1v) is 14.3. The van der Waals surface area contributed by atoms with Crippen LogP contribution >= 0.6 is 0 Å². The summed E-state index contributed by atoms with van der Waals surface area (Å²) in [6.45, 7) is 5.06. The Morgan fingerprint density at radius 3 is 1.70 bits per heavy atom. The average Bonchev–Trinajstić information content (AvgIpc) is 3.66. The van der Waals surface area contributed by atoms with E-state index in [-0.39, 0.29) is 0 Å². The second-order valence-electron chi connectivity index (χ2n) is 10.2. The summed E-state index contributed by atoms with van der Waals surface area (Å²) in [6.07, 6.45) is 4.67. The standard InChI is InChI=1S/2C17H16N4O2/c1-12-17(14-7-8-18-15(9-14)11-22)19-20-21(12)10-13-3-5-16(23-2)6-4-13;1-12-17(14-7-8-18-15(9-14)11-22)21(20-19-12)10-13-3-5-16(23-2)6-4-13/h2*3-9,11H,10H2,1-2H3. The second-order valence-corrected chi connectivity index (χ2v) is 10.2. The molecule has 2 aromatic carbocycles. The molecule has 12 nitrogen and oxygen atoms in total. The van der Waals surface area contributed by atoms with Gasteiger partial charge in [0, 0.05) is 23.5 Å². The average molecular weight is 617 g/mol. The predicted molar refractivity (Wildman–Crippen MR) is 171 cm³/mol. The third-order valence-electron chi connectivity index (χ3n) is 7.22. The molecular weight excluding hydrogens is 584 g/mol. The number of rotatable bonds is 10. The van der Waals surface area contributed by atoms with Gasteiger partial charge in [-0.25, -0.2) is 9.36 Å². The van der Waals surface area contributed by atoms with Gasteiger partial charge in [-0.15, -0.1) is 10.2 Å². The van der Waals surface area contributed by atoms with Crippen molar-refractivity contribution in [3.05, 3.63) is 119 Å². The van der Waals surface area contributed by atoms with Gasteiger partial charge in [0.15, 0.2) is 12.6 Å². The van der Waals surface area contributed by atoms with E-state index >= 15 is 0 Å². The summed E-state index contributed by atoms with van der Waals surface area (Å²) < 4.78 is 14.0. The van der Waals surface area contributed by atoms with E-state index in [0.29, 0.717) is 24.5 Å². The predicted octanol–water partition coefficient (Wildman–Crippen LogP) is 5.04. The quantitative estimate of drug-likeness (QED) is 0.192. The first kappa shape index (κ1) is 31.4. The Labute approximate surface area is 265 Å². The Hall–Kier alpha value is -6.04. The summed E-state index contributed by atoms with van der Waals surface area (Å²) in [5.41, 5.74) is 8.04. The Kier molecular flexibility index (Phi) is 9.98. The minimum absolute atomic E-state index is 0.381. The van der Waals surface area contributed by atoms with E-state index in [4.69, 9.17) is 9.47 Å². The minimum atomic E-state index is 0.381. The molecule has 232 valence electrons. The van der Waals surface area contributed by atoms with Gasteiger partial charge in [0.1, 0.15) is 28.6 Å². The lowest BCUT2D eigenvalue weighted by atomic mass is 10.1. The second kappa shape index (κ2) is 14.6. The van der Waals surface area contributed by atoms with Crippen molar-refractivity contribution in [2.24, 2.45) is 0 Å². The van der Waals surface area contributed by atoms with Crippen LogP contribution in [-0.2, 0) is 13.1 Å². The highest BCUT2D eigenvalue weighted by atomic mass is 16.5. The van der Waals surface area contributed by atoms with Gasteiger partial charge in [-0.05, 0) is 73.5 Å². The molecule has 0 N–H and O–H groups in total. The van der Waals surface area contributed by atoms with E-state index in [1.807, 2.05) is 83.9 Å². The number of aromatic nitrogens is 8. The maximum Gasteiger partial charge on any atom is 0.168 e. The number of carbonyl (C=O) groups is 2. The number of carbonyl (C=O) groups excluding carboxylic acids is 2. The third kappa shape index (κ3) is 7.36. The summed E-state index contributed by atoms with van der Waals surface area (Å²) in [5, 5.41) is 16.8. The molecule has 0 aliphatic carbocycles. The normalized spacial score (nSPS) is 10.5. The number of hydrogen-bond acceptors (Lipinski definition) is 10. The molecule has 0 aliphatic heterocycles. The monoisotopic (exact) mass is 616 g/mol. The molecule has 0 amide bonds. The van der Waals surface area contributed by atoms with Gasteiger partial charge < -0.3 is 9.47 Å². The fraction of sp³-hybridized carbons (Fsp3) is 0.176. The van der Waals surface area contributed by atoms with Crippen LogP contribution in [0.5, 0.6) is 11.5 Å². The number of aldehydes is 2. The van der Waals surface area contributed by atoms with Crippen LogP contribution < -0.4 is 9.47 Å². The van der Waals surface area contributed by atoms with Crippen molar-refractivity contribution in [3.8, 4) is 34.0 Å². The summed E-state index contributed by atoms with van der Waals surface area (Å²) in [6, 6.07) is 22.8. The van der Waals surface area contributed by atoms with E-state index in [2.05, 4.69) is 30.6 Å². The number of hydrogen-bond donors (Lipinski definition) is 0. The third-order valence-corrected chi connectivity index (χ3v) is 7.22. The molecular formula is C34H32N8O4. The van der Waals surface area contributed by atoms with Crippen molar-refractivity contribution in [3.63, 3.8) is 0 Å². The summed E-state index contributed by atoms with van der Waals surface area (Å²) in [7, 11) is 3.28. The van der Waals surface area contributed by atoms with Crippen LogP contribution in [0.1, 0.15) is 43.5 Å². The van der Waals surface area contributed by atoms with Crippen molar-refractivity contribution in [2.45, 2.75) is 26.9 Å². The van der Waals surface area contributed by atoms with E-state index in [1.165, 1.54) is 0 Å². The molecule has 0 saturated heterocycles. The van der Waals surface area contributed by atoms with Crippen molar-refractivity contribution in [1.82, 2.24) is 40.0 Å². The summed E-state index contributed by atoms with van der Waals surface area (Å²) in [5.74, 6) is 1.64. The van der Waals surface area contributed by atoms with Gasteiger partial charge in [-0.1, -0.05) is 34.7 Å². The van der Waals surface area contributed by atoms with Gasteiger partial charge in [0.25, 0.3) is 0 Å². The van der Waals surface area contributed by atoms with Crippen LogP contribution in [0.3, 0.4) is 0 Å². The van der Waals surface area contributed by atoms with E-state index in [9.17, 15) is 9.59 Å². The molecule has 4 aromatic heterocycles. The van der Waals surface area contributed by atoms with Crippen LogP contribution in [0.4, 0.5) is 0 Å². The molecule has 0 unspecified atom stereocenters. The van der Waals surface area contributed by atoms with Gasteiger partial charge >= 0.3 is 0 Å². The topological polar surface area (TPSA) is 140 Å². The molecule has 0 radical (unpaired) electrons. The number of aryl methyl sites for hydroxylation is 1. The Morgan fingerprint density at radius 1 is 0.652 bits per heavy atom. The smallest absolute Gasteiger partial charge is 0.168 e. The lowest BCUT2D eigenvalue weighted by molar-refractivity contribution is 0.111. The zero-order valence-corrected chi connectivity index (χ0v) is 25.9. The van der Waals surface area contributed by atoms with Crippen LogP contribution in [0.15, 0.2) is 85.2 Å². The number of methoxy groups -OCH3 is 2. The number of pyridine rings is 2. The summed E-state index contributed by atoms with van der Waals surface area (Å²) in [4.78, 5) is 29.8. The highest BCUT2D eigenvalue weighted by Gasteiger charge is 2.14. The van der Waals surface area contributed by atoms with Crippen molar-refractivity contribution >= 4 is 12.6 Å².